The van der Waals surface area contributed by atoms with Gasteiger partial charge in [0, 0.05) is 12.3 Å². The van der Waals surface area contributed by atoms with E-state index in [0.717, 1.165) is 51.4 Å². The molecule has 0 aliphatic carbocycles. The molecule has 5 aliphatic heterocycles. The molecule has 0 unspecified atom stereocenters. The van der Waals surface area contributed by atoms with Gasteiger partial charge >= 0.3 is 23.9 Å². The molecule has 24 nitrogen and oxygen atoms in total. The van der Waals surface area contributed by atoms with E-state index in [1.54, 1.807) is 20.8 Å². The van der Waals surface area contributed by atoms with Crippen LogP contribution in [0.5, 0.6) is 0 Å². The van der Waals surface area contributed by atoms with Gasteiger partial charge in [0.05, 0.1) is 54.4 Å². The van der Waals surface area contributed by atoms with Crippen molar-refractivity contribution in [3.8, 4) is 0 Å². The minimum absolute atomic E-state index is 0.0470. The molecule has 0 aromatic carbocycles. The number of unbranched alkanes of at least 4 members (excludes halogenated alkanes) is 2. The van der Waals surface area contributed by atoms with Gasteiger partial charge in [-0.3, -0.25) is 19.2 Å². The standard InChI is InChI=1S/C54H92O24/c1-10-11-17-20-32-21-18-15-13-12-14-16-19-22-36(57)73-44-33(23-34-37(58)39(60)43(31(9)69-34)74-50(66)27(5)29(7)56)30(8)70-54(47(44)75-48(64)25(2)3)77-45-40(61)38(59)35(24-68-49(65)26(4)28(6)55)72-53(45)76-46-41(62)42(63)51(67)78-52(46)71-32/h25-35,37-47,51-56,58-63,67H,10-24H2,1-9H3/t26-,27+,28+,29+,30+,31-,32+,33+,34+,35-,37-,38-,39+,40+,41+,42+,43-,44-,45-,46-,47+,51+,52-,53+,54+/m1/s1. The molecule has 25 atom stereocenters. The van der Waals surface area contributed by atoms with E-state index in [1.165, 1.54) is 34.6 Å². The van der Waals surface area contributed by atoms with Gasteiger partial charge in [0.25, 0.3) is 0 Å². The van der Waals surface area contributed by atoms with Crippen molar-refractivity contribution in [1.29, 1.82) is 0 Å². The Labute approximate surface area is 457 Å². The molecule has 9 N–H and O–H groups in total. The predicted molar refractivity (Wildman–Crippen MR) is 270 cm³/mol. The van der Waals surface area contributed by atoms with Gasteiger partial charge in [-0.05, 0) is 67.2 Å². The van der Waals surface area contributed by atoms with Crippen LogP contribution in [-0.2, 0) is 71.3 Å². The van der Waals surface area contributed by atoms with E-state index >= 15 is 0 Å². The van der Waals surface area contributed by atoms with Crippen LogP contribution in [0.15, 0.2) is 0 Å². The second-order valence-electron chi connectivity index (χ2n) is 22.4. The Bertz CT molecular complexity index is 1840. The molecule has 2 bridgehead atoms. The van der Waals surface area contributed by atoms with Gasteiger partial charge in [-0.1, -0.05) is 78.6 Å². The molecule has 5 heterocycles. The maximum Gasteiger partial charge on any atom is 0.311 e. The fraction of sp³-hybridized carbons (Fsp3) is 0.926. The van der Waals surface area contributed by atoms with Crippen LogP contribution >= 0.6 is 0 Å². The summed E-state index contributed by atoms with van der Waals surface area (Å²) >= 11 is 0. The summed E-state index contributed by atoms with van der Waals surface area (Å²) in [5.74, 6) is -6.99. The number of esters is 4. The third-order valence-electron chi connectivity index (χ3n) is 15.8. The van der Waals surface area contributed by atoms with E-state index < -0.39 is 189 Å². The van der Waals surface area contributed by atoms with Crippen molar-refractivity contribution in [2.75, 3.05) is 6.61 Å². The average Bonchev–Trinajstić information content (AvgIpc) is 3.38. The third-order valence-corrected chi connectivity index (χ3v) is 15.8. The number of hydrogen-bond acceptors (Lipinski definition) is 24. The highest BCUT2D eigenvalue weighted by Crippen LogP contribution is 2.41. The smallest absolute Gasteiger partial charge is 0.311 e. The highest BCUT2D eigenvalue weighted by atomic mass is 16.8. The normalized spacial score (nSPS) is 40.5. The van der Waals surface area contributed by atoms with Crippen LogP contribution in [0.1, 0.15) is 152 Å². The summed E-state index contributed by atoms with van der Waals surface area (Å²) in [6.07, 6.45) is -25.6. The number of hydrogen-bond donors (Lipinski definition) is 9. The molecule has 24 heteroatoms. The number of ether oxygens (including phenoxy) is 11. The average molecular weight is 1130 g/mol. The Hall–Kier alpha value is -2.76. The highest BCUT2D eigenvalue weighted by molar-refractivity contribution is 5.73. The minimum Gasteiger partial charge on any atom is -0.463 e. The van der Waals surface area contributed by atoms with Gasteiger partial charge in [-0.2, -0.15) is 0 Å². The summed E-state index contributed by atoms with van der Waals surface area (Å²) in [5, 5.41) is 100. The first-order valence-electron chi connectivity index (χ1n) is 28.3. The maximum absolute atomic E-state index is 14.1. The lowest BCUT2D eigenvalue weighted by atomic mass is 9.81. The molecule has 78 heavy (non-hydrogen) atoms. The zero-order valence-corrected chi connectivity index (χ0v) is 46.8. The van der Waals surface area contributed by atoms with Gasteiger partial charge in [0.1, 0.15) is 67.6 Å². The molecular weight excluding hydrogens is 1030 g/mol. The Balaban J connectivity index is 1.57. The number of aliphatic hydroxyl groups excluding tert-OH is 9. The van der Waals surface area contributed by atoms with Crippen LogP contribution in [0.25, 0.3) is 0 Å². The first-order chi connectivity index (χ1) is 36.9. The highest BCUT2D eigenvalue weighted by Gasteiger charge is 2.57. The molecule has 5 rings (SSSR count). The van der Waals surface area contributed by atoms with Crippen LogP contribution < -0.4 is 0 Å². The van der Waals surface area contributed by atoms with E-state index in [0.29, 0.717) is 25.7 Å². The number of carbonyl (C=O) groups excluding carboxylic acids is 4. The fourth-order valence-electron chi connectivity index (χ4n) is 10.2. The van der Waals surface area contributed by atoms with Gasteiger partial charge in [0.2, 0.25) is 0 Å². The molecule has 0 spiro atoms. The lowest BCUT2D eigenvalue weighted by molar-refractivity contribution is -0.404. The van der Waals surface area contributed by atoms with Gasteiger partial charge in [0.15, 0.2) is 37.4 Å². The summed E-state index contributed by atoms with van der Waals surface area (Å²) in [4.78, 5) is 53.7. The zero-order chi connectivity index (χ0) is 57.7. The van der Waals surface area contributed by atoms with E-state index in [4.69, 9.17) is 52.1 Å². The van der Waals surface area contributed by atoms with Gasteiger partial charge < -0.3 is 98.1 Å². The first kappa shape index (κ1) is 66.0. The summed E-state index contributed by atoms with van der Waals surface area (Å²) in [7, 11) is 0. The molecule has 5 aliphatic rings. The van der Waals surface area contributed by atoms with E-state index in [9.17, 15) is 65.1 Å². The molecule has 5 fully saturated rings. The quantitative estimate of drug-likeness (QED) is 0.0634. The zero-order valence-electron chi connectivity index (χ0n) is 46.8. The third kappa shape index (κ3) is 17.6. The maximum atomic E-state index is 14.1. The van der Waals surface area contributed by atoms with Crippen molar-refractivity contribution >= 4 is 23.9 Å². The van der Waals surface area contributed by atoms with Crippen LogP contribution in [0.3, 0.4) is 0 Å². The fourth-order valence-corrected chi connectivity index (χ4v) is 10.2. The summed E-state index contributed by atoms with van der Waals surface area (Å²) in [5.41, 5.74) is 0. The van der Waals surface area contributed by atoms with Crippen molar-refractivity contribution in [3.63, 3.8) is 0 Å². The topological polar surface area (TPSA) is 352 Å². The Morgan fingerprint density at radius 3 is 1.76 bits per heavy atom. The summed E-state index contributed by atoms with van der Waals surface area (Å²) < 4.78 is 67.6. The SMILES string of the molecule is CCCCC[C@H]1CCCCCCCCCC(=O)O[C@@H]2[C@@H](C[C@@H]3O[C@H](C)[C@@H](OC(=O)[C@@H](C)[C@H](C)O)[C@@H](O)[C@@H]3O)[C@H](C)O[C@@H](O[C@H]3[C@H](O[C@H]4[C@H](O1)O[C@H](O)[C@@H](O)[C@@H]4O)O[C@H](COC(=O)[C@H](C)[C@H](C)O)[C@@H](O)[C@@H]3O)[C@H]2OC(=O)C(C)C. The number of aliphatic hydroxyl groups is 9. The second kappa shape index (κ2) is 31.1. The van der Waals surface area contributed by atoms with E-state index in [2.05, 4.69) is 6.92 Å². The molecule has 0 saturated carbocycles. The molecule has 5 saturated heterocycles. The monoisotopic (exact) mass is 1120 g/mol. The molecule has 0 aromatic rings. The predicted octanol–water partition coefficient (Wildman–Crippen LogP) is 1.32. The van der Waals surface area contributed by atoms with Crippen LogP contribution in [0.2, 0.25) is 0 Å². The van der Waals surface area contributed by atoms with Crippen LogP contribution in [-0.4, -0.2) is 211 Å². The molecular formula is C54H92O24. The van der Waals surface area contributed by atoms with E-state index in [-0.39, 0.29) is 12.8 Å². The van der Waals surface area contributed by atoms with Gasteiger partial charge in [-0.15, -0.1) is 0 Å². The lowest BCUT2D eigenvalue weighted by Gasteiger charge is -2.50. The number of fused-ring (bicyclic) bond motifs is 4. The van der Waals surface area contributed by atoms with Crippen molar-refractivity contribution in [3.05, 3.63) is 0 Å². The second-order valence-corrected chi connectivity index (χ2v) is 22.4. The molecule has 452 valence electrons. The van der Waals surface area contributed by atoms with Crippen molar-refractivity contribution in [1.82, 2.24) is 0 Å². The van der Waals surface area contributed by atoms with Crippen LogP contribution in [0.4, 0.5) is 0 Å². The Morgan fingerprint density at radius 2 is 1.13 bits per heavy atom. The largest absolute Gasteiger partial charge is 0.463 e. The van der Waals surface area contributed by atoms with E-state index in [1.807, 2.05) is 0 Å². The van der Waals surface area contributed by atoms with Crippen molar-refractivity contribution < 1.29 is 117 Å². The Morgan fingerprint density at radius 1 is 0.564 bits per heavy atom. The van der Waals surface area contributed by atoms with Crippen molar-refractivity contribution in [2.24, 2.45) is 23.7 Å². The lowest BCUT2D eigenvalue weighted by Crippen LogP contribution is -2.67. The minimum atomic E-state index is -2.05. The molecule has 0 radical (unpaired) electrons. The molecule has 0 aromatic heterocycles. The van der Waals surface area contributed by atoms with Crippen molar-refractivity contribution in [2.45, 2.75) is 287 Å². The summed E-state index contributed by atoms with van der Waals surface area (Å²) in [6, 6.07) is 0. The first-order valence-corrected chi connectivity index (χ1v) is 28.3. The van der Waals surface area contributed by atoms with Crippen LogP contribution in [0, 0.1) is 23.7 Å². The Kier molecular flexibility index (Phi) is 26.3. The number of rotatable bonds is 15. The molecule has 0 amide bonds. The summed E-state index contributed by atoms with van der Waals surface area (Å²) in [6.45, 7) is 13.2. The number of carbonyl (C=O) groups is 4. The van der Waals surface area contributed by atoms with Gasteiger partial charge in [-0.25, -0.2) is 0 Å².